The van der Waals surface area contributed by atoms with Gasteiger partial charge in [0.2, 0.25) is 0 Å². The number of benzene rings is 2. The first-order chi connectivity index (χ1) is 9.00. The Kier molecular flexibility index (Phi) is 3.71. The molecule has 0 aromatic heterocycles. The molecule has 2 rings (SSSR count). The van der Waals surface area contributed by atoms with E-state index in [1.54, 1.807) is 31.2 Å². The number of nitrogens with one attached hydrogen (secondary N) is 1. The Balaban J connectivity index is 2.31. The van der Waals surface area contributed by atoms with Gasteiger partial charge < -0.3 is 11.1 Å². The van der Waals surface area contributed by atoms with Crippen LogP contribution in [-0.2, 0) is 0 Å². The lowest BCUT2D eigenvalue weighted by molar-refractivity contribution is 0.102. The number of hydrogen-bond acceptors (Lipinski definition) is 2. The van der Waals surface area contributed by atoms with Gasteiger partial charge in [-0.2, -0.15) is 0 Å². The fourth-order valence-corrected chi connectivity index (χ4v) is 1.87. The number of halogens is 2. The van der Waals surface area contributed by atoms with Crippen LogP contribution in [0.2, 0.25) is 5.02 Å². The zero-order chi connectivity index (χ0) is 14.0. The Bertz CT molecular complexity index is 643. The molecule has 0 aliphatic heterocycles. The van der Waals surface area contributed by atoms with Gasteiger partial charge in [0.25, 0.3) is 5.91 Å². The molecule has 0 unspecified atom stereocenters. The summed E-state index contributed by atoms with van der Waals surface area (Å²) in [6.07, 6.45) is 0. The van der Waals surface area contributed by atoms with Crippen LogP contribution in [0.5, 0.6) is 0 Å². The molecule has 0 bridgehead atoms. The zero-order valence-electron chi connectivity index (χ0n) is 10.2. The number of hydrogen-bond donors (Lipinski definition) is 2. The lowest BCUT2D eigenvalue weighted by Gasteiger charge is -2.10. The van der Waals surface area contributed by atoms with E-state index in [2.05, 4.69) is 5.32 Å². The first kappa shape index (κ1) is 13.4. The summed E-state index contributed by atoms with van der Waals surface area (Å²) in [6, 6.07) is 9.28. The molecule has 3 nitrogen and oxygen atoms in total. The molecule has 0 fully saturated rings. The van der Waals surface area contributed by atoms with E-state index in [-0.39, 0.29) is 16.4 Å². The van der Waals surface area contributed by atoms with Crippen LogP contribution in [0.4, 0.5) is 15.8 Å². The van der Waals surface area contributed by atoms with Crippen LogP contribution in [0, 0.1) is 12.7 Å². The Morgan fingerprint density at radius 3 is 2.68 bits per heavy atom. The summed E-state index contributed by atoms with van der Waals surface area (Å²) in [6.45, 7) is 1.59. The number of nitrogens with two attached hydrogens (primary N) is 1. The molecule has 19 heavy (non-hydrogen) atoms. The van der Waals surface area contributed by atoms with Crippen molar-refractivity contribution in [3.8, 4) is 0 Å². The summed E-state index contributed by atoms with van der Waals surface area (Å²) in [5, 5.41) is 2.81. The maximum Gasteiger partial charge on any atom is 0.257 e. The molecular formula is C14H12ClFN2O. The van der Waals surface area contributed by atoms with Crippen LogP contribution in [-0.4, -0.2) is 5.91 Å². The maximum atomic E-state index is 13.4. The summed E-state index contributed by atoms with van der Waals surface area (Å²) >= 11 is 5.97. The molecular weight excluding hydrogens is 267 g/mol. The Labute approximate surface area is 115 Å². The van der Waals surface area contributed by atoms with E-state index in [4.69, 9.17) is 17.3 Å². The molecule has 0 saturated carbocycles. The van der Waals surface area contributed by atoms with E-state index in [1.807, 2.05) is 0 Å². The third-order valence-electron chi connectivity index (χ3n) is 2.79. The summed E-state index contributed by atoms with van der Waals surface area (Å²) < 4.78 is 13.4. The van der Waals surface area contributed by atoms with Crippen molar-refractivity contribution in [1.29, 1.82) is 0 Å². The SMILES string of the molecule is Cc1c(F)cccc1NC(=O)c1cccc(N)c1Cl. The quantitative estimate of drug-likeness (QED) is 0.824. The summed E-state index contributed by atoms with van der Waals surface area (Å²) in [5.41, 5.74) is 6.99. The van der Waals surface area contributed by atoms with Crippen LogP contribution in [0.1, 0.15) is 15.9 Å². The van der Waals surface area contributed by atoms with Crippen LogP contribution in [0.25, 0.3) is 0 Å². The van der Waals surface area contributed by atoms with Crippen LogP contribution in [0.3, 0.4) is 0 Å². The molecule has 0 heterocycles. The van der Waals surface area contributed by atoms with Crippen LogP contribution in [0.15, 0.2) is 36.4 Å². The zero-order valence-corrected chi connectivity index (χ0v) is 11.0. The molecule has 2 aromatic carbocycles. The second-order valence-corrected chi connectivity index (χ2v) is 4.45. The fourth-order valence-electron chi connectivity index (χ4n) is 1.66. The van der Waals surface area contributed by atoms with Gasteiger partial charge in [0.1, 0.15) is 5.82 Å². The largest absolute Gasteiger partial charge is 0.398 e. The maximum absolute atomic E-state index is 13.4. The van der Waals surface area contributed by atoms with Gasteiger partial charge in [0, 0.05) is 11.3 Å². The normalized spacial score (nSPS) is 10.3. The predicted molar refractivity (Wildman–Crippen MR) is 75.0 cm³/mol. The van der Waals surface area contributed by atoms with Gasteiger partial charge in [0.15, 0.2) is 0 Å². The standard InChI is InChI=1S/C14H12ClFN2O/c1-8-10(16)5-3-7-12(8)18-14(19)9-4-2-6-11(17)13(9)15/h2-7H,17H2,1H3,(H,18,19). The van der Waals surface area contributed by atoms with Crippen molar-refractivity contribution in [3.05, 3.63) is 58.4 Å². The van der Waals surface area contributed by atoms with Gasteiger partial charge in [-0.3, -0.25) is 4.79 Å². The predicted octanol–water partition coefficient (Wildman–Crippen LogP) is 3.62. The van der Waals surface area contributed by atoms with Crippen molar-refractivity contribution in [1.82, 2.24) is 0 Å². The van der Waals surface area contributed by atoms with Crippen LogP contribution >= 0.6 is 11.6 Å². The number of nitrogen functional groups attached to an aromatic ring is 1. The molecule has 2 aromatic rings. The third-order valence-corrected chi connectivity index (χ3v) is 3.21. The van der Waals surface area contributed by atoms with Gasteiger partial charge in [-0.15, -0.1) is 0 Å². The first-order valence-electron chi connectivity index (χ1n) is 5.61. The van der Waals surface area contributed by atoms with Gasteiger partial charge >= 0.3 is 0 Å². The van der Waals surface area contributed by atoms with E-state index in [0.29, 0.717) is 16.9 Å². The molecule has 0 aliphatic rings. The van der Waals surface area contributed by atoms with Crippen molar-refractivity contribution < 1.29 is 9.18 Å². The lowest BCUT2D eigenvalue weighted by atomic mass is 10.1. The number of carbonyl (C=O) groups excluding carboxylic acids is 1. The minimum absolute atomic E-state index is 0.189. The Morgan fingerprint density at radius 2 is 1.95 bits per heavy atom. The number of amides is 1. The molecule has 0 radical (unpaired) electrons. The summed E-state index contributed by atoms with van der Waals surface area (Å²) in [4.78, 5) is 12.1. The minimum atomic E-state index is -0.425. The Morgan fingerprint density at radius 1 is 1.26 bits per heavy atom. The number of carbonyl (C=O) groups is 1. The third kappa shape index (κ3) is 2.69. The molecule has 0 saturated heterocycles. The molecule has 1 amide bonds. The number of anilines is 2. The minimum Gasteiger partial charge on any atom is -0.398 e. The highest BCUT2D eigenvalue weighted by Crippen LogP contribution is 2.25. The first-order valence-corrected chi connectivity index (χ1v) is 5.99. The average molecular weight is 279 g/mol. The molecule has 0 atom stereocenters. The lowest BCUT2D eigenvalue weighted by Crippen LogP contribution is -2.14. The highest BCUT2D eigenvalue weighted by molar-refractivity contribution is 6.36. The highest BCUT2D eigenvalue weighted by Gasteiger charge is 2.14. The summed E-state index contributed by atoms with van der Waals surface area (Å²) in [5.74, 6) is -0.803. The highest BCUT2D eigenvalue weighted by atomic mass is 35.5. The van der Waals surface area contributed by atoms with Crippen molar-refractivity contribution in [2.24, 2.45) is 0 Å². The summed E-state index contributed by atoms with van der Waals surface area (Å²) in [7, 11) is 0. The van der Waals surface area contributed by atoms with Crippen LogP contribution < -0.4 is 11.1 Å². The van der Waals surface area contributed by atoms with Gasteiger partial charge in [-0.25, -0.2) is 4.39 Å². The molecule has 3 N–H and O–H groups in total. The van der Waals surface area contributed by atoms with Crippen molar-refractivity contribution in [2.45, 2.75) is 6.92 Å². The second kappa shape index (κ2) is 5.28. The average Bonchev–Trinajstić information content (AvgIpc) is 2.38. The monoisotopic (exact) mass is 278 g/mol. The van der Waals surface area contributed by atoms with Crippen molar-refractivity contribution in [2.75, 3.05) is 11.1 Å². The van der Waals surface area contributed by atoms with Crippen molar-refractivity contribution >= 4 is 28.9 Å². The molecule has 98 valence electrons. The van der Waals surface area contributed by atoms with E-state index < -0.39 is 5.91 Å². The van der Waals surface area contributed by atoms with E-state index >= 15 is 0 Å². The van der Waals surface area contributed by atoms with Crippen molar-refractivity contribution in [3.63, 3.8) is 0 Å². The van der Waals surface area contributed by atoms with Gasteiger partial charge in [0.05, 0.1) is 16.3 Å². The topological polar surface area (TPSA) is 55.1 Å². The van der Waals surface area contributed by atoms with E-state index in [9.17, 15) is 9.18 Å². The second-order valence-electron chi connectivity index (χ2n) is 4.08. The molecule has 5 heteroatoms. The fraction of sp³-hybridized carbons (Fsp3) is 0.0714. The van der Waals surface area contributed by atoms with Gasteiger partial charge in [-0.05, 0) is 31.2 Å². The molecule has 0 spiro atoms. The number of rotatable bonds is 2. The van der Waals surface area contributed by atoms with Gasteiger partial charge in [-0.1, -0.05) is 23.7 Å². The molecule has 0 aliphatic carbocycles. The Hall–Kier alpha value is -2.07. The van der Waals surface area contributed by atoms with E-state index in [0.717, 1.165) is 0 Å². The smallest absolute Gasteiger partial charge is 0.257 e. The van der Waals surface area contributed by atoms with E-state index in [1.165, 1.54) is 12.1 Å².